The van der Waals surface area contributed by atoms with Gasteiger partial charge in [0.15, 0.2) is 0 Å². The third-order valence-corrected chi connectivity index (χ3v) is 1.53. The summed E-state index contributed by atoms with van der Waals surface area (Å²) < 4.78 is 5.21. The van der Waals surface area contributed by atoms with E-state index in [4.69, 9.17) is 4.74 Å². The molecule has 0 spiro atoms. The smallest absolute Gasteiger partial charge is 0.0529 e. The van der Waals surface area contributed by atoms with Crippen LogP contribution in [0.1, 0.15) is 20.3 Å². The van der Waals surface area contributed by atoms with Gasteiger partial charge in [0.05, 0.1) is 6.61 Å². The van der Waals surface area contributed by atoms with Gasteiger partial charge in [-0.25, -0.2) is 0 Å². The van der Waals surface area contributed by atoms with Gasteiger partial charge in [-0.05, 0) is 20.3 Å². The normalized spacial score (nSPS) is 26.2. The van der Waals surface area contributed by atoms with Crippen LogP contribution in [0.25, 0.3) is 0 Å². The van der Waals surface area contributed by atoms with Crippen molar-refractivity contribution in [1.29, 1.82) is 0 Å². The van der Waals surface area contributed by atoms with Gasteiger partial charge in [0.1, 0.15) is 0 Å². The minimum Gasteiger partial charge on any atom is -0.381 e. The molecule has 0 aromatic heterocycles. The Kier molecular flexibility index (Phi) is 2.29. The molecule has 0 amide bonds. The predicted octanol–water partition coefficient (Wildman–Crippen LogP) is 1.99. The molecule has 0 bridgehead atoms. The first-order chi connectivity index (χ1) is 4.29. The zero-order valence-corrected chi connectivity index (χ0v) is 6.18. The van der Waals surface area contributed by atoms with Gasteiger partial charge in [0.25, 0.3) is 0 Å². The van der Waals surface area contributed by atoms with Gasteiger partial charge in [-0.1, -0.05) is 11.6 Å². The molecule has 0 aromatic carbocycles. The zero-order valence-electron chi connectivity index (χ0n) is 6.18. The zero-order chi connectivity index (χ0) is 6.69. The lowest BCUT2D eigenvalue weighted by molar-refractivity contribution is 0.191. The molecule has 0 saturated carbocycles. The van der Waals surface area contributed by atoms with E-state index in [-0.39, 0.29) is 0 Å². The Balaban J connectivity index is 2.35. The summed E-state index contributed by atoms with van der Waals surface area (Å²) in [5, 5.41) is 0. The molecule has 0 N–H and O–H groups in total. The minimum atomic E-state index is 0.704. The van der Waals surface area contributed by atoms with Gasteiger partial charge in [0.2, 0.25) is 0 Å². The fourth-order valence-corrected chi connectivity index (χ4v) is 1.16. The highest BCUT2D eigenvalue weighted by Gasteiger charge is 2.11. The van der Waals surface area contributed by atoms with Crippen LogP contribution in [0.5, 0.6) is 0 Å². The third-order valence-electron chi connectivity index (χ3n) is 1.53. The van der Waals surface area contributed by atoms with Gasteiger partial charge in [-0.3, -0.25) is 0 Å². The number of ether oxygens (including phenoxy) is 1. The molecule has 1 aliphatic heterocycles. The average molecular weight is 126 g/mol. The van der Waals surface area contributed by atoms with E-state index < -0.39 is 0 Å². The van der Waals surface area contributed by atoms with Crippen molar-refractivity contribution >= 4 is 0 Å². The van der Waals surface area contributed by atoms with E-state index in [0.717, 1.165) is 13.2 Å². The van der Waals surface area contributed by atoms with E-state index in [2.05, 4.69) is 19.9 Å². The highest BCUT2D eigenvalue weighted by Crippen LogP contribution is 2.14. The van der Waals surface area contributed by atoms with E-state index in [9.17, 15) is 0 Å². The fraction of sp³-hybridized carbons (Fsp3) is 0.750. The van der Waals surface area contributed by atoms with Crippen LogP contribution in [0.3, 0.4) is 0 Å². The minimum absolute atomic E-state index is 0.704. The quantitative estimate of drug-likeness (QED) is 0.488. The van der Waals surface area contributed by atoms with Crippen molar-refractivity contribution in [2.45, 2.75) is 20.3 Å². The van der Waals surface area contributed by atoms with E-state index in [1.165, 1.54) is 12.0 Å². The molecule has 1 aliphatic rings. The Labute approximate surface area is 56.7 Å². The van der Waals surface area contributed by atoms with Crippen LogP contribution in [0.15, 0.2) is 11.6 Å². The number of rotatable bonds is 1. The molecule has 0 aliphatic carbocycles. The van der Waals surface area contributed by atoms with Crippen LogP contribution in [0.2, 0.25) is 0 Å². The van der Waals surface area contributed by atoms with Crippen molar-refractivity contribution in [3.8, 4) is 0 Å². The maximum absolute atomic E-state index is 5.21. The van der Waals surface area contributed by atoms with Crippen LogP contribution in [-0.2, 0) is 4.74 Å². The van der Waals surface area contributed by atoms with Crippen molar-refractivity contribution in [2.24, 2.45) is 5.92 Å². The van der Waals surface area contributed by atoms with Crippen LogP contribution < -0.4 is 0 Å². The molecule has 1 saturated heterocycles. The maximum atomic E-state index is 5.21. The molecule has 1 atom stereocenters. The number of hydrogen-bond acceptors (Lipinski definition) is 1. The lowest BCUT2D eigenvalue weighted by Crippen LogP contribution is -1.93. The Bertz CT molecular complexity index is 106. The van der Waals surface area contributed by atoms with Crippen molar-refractivity contribution in [1.82, 2.24) is 0 Å². The SMILES string of the molecule is CC(C)=CC1CCOC1. The summed E-state index contributed by atoms with van der Waals surface area (Å²) in [6, 6.07) is 0. The molecule has 9 heavy (non-hydrogen) atoms. The topological polar surface area (TPSA) is 9.23 Å². The van der Waals surface area contributed by atoms with Gasteiger partial charge in [-0.2, -0.15) is 0 Å². The molecule has 1 heterocycles. The fourth-order valence-electron chi connectivity index (χ4n) is 1.16. The highest BCUT2D eigenvalue weighted by molar-refractivity contribution is 4.98. The molecule has 0 aromatic rings. The summed E-state index contributed by atoms with van der Waals surface area (Å²) >= 11 is 0. The summed E-state index contributed by atoms with van der Waals surface area (Å²) in [6.07, 6.45) is 3.51. The highest BCUT2D eigenvalue weighted by atomic mass is 16.5. The van der Waals surface area contributed by atoms with Gasteiger partial charge >= 0.3 is 0 Å². The monoisotopic (exact) mass is 126 g/mol. The second kappa shape index (κ2) is 3.02. The predicted molar refractivity (Wildman–Crippen MR) is 38.4 cm³/mol. The molecular formula is C8H14O. The third kappa shape index (κ3) is 2.19. The standard InChI is InChI=1S/C8H14O/c1-7(2)5-8-3-4-9-6-8/h5,8H,3-4,6H2,1-2H3. The summed E-state index contributed by atoms with van der Waals surface area (Å²) in [4.78, 5) is 0. The first-order valence-electron chi connectivity index (χ1n) is 3.52. The first-order valence-corrected chi connectivity index (χ1v) is 3.52. The molecular weight excluding hydrogens is 112 g/mol. The second-order valence-corrected chi connectivity index (χ2v) is 2.87. The van der Waals surface area contributed by atoms with Crippen molar-refractivity contribution in [3.63, 3.8) is 0 Å². The van der Waals surface area contributed by atoms with Crippen LogP contribution in [-0.4, -0.2) is 13.2 Å². The van der Waals surface area contributed by atoms with E-state index >= 15 is 0 Å². The van der Waals surface area contributed by atoms with Gasteiger partial charge in [-0.15, -0.1) is 0 Å². The van der Waals surface area contributed by atoms with E-state index in [1.807, 2.05) is 0 Å². The molecule has 1 unspecified atom stereocenters. The largest absolute Gasteiger partial charge is 0.381 e. The number of allylic oxidation sites excluding steroid dienone is 1. The van der Waals surface area contributed by atoms with Gasteiger partial charge in [0, 0.05) is 12.5 Å². The van der Waals surface area contributed by atoms with Crippen molar-refractivity contribution in [3.05, 3.63) is 11.6 Å². The van der Waals surface area contributed by atoms with E-state index in [1.54, 1.807) is 0 Å². The molecule has 1 nitrogen and oxygen atoms in total. The Morgan fingerprint density at radius 2 is 2.33 bits per heavy atom. The lowest BCUT2D eigenvalue weighted by Gasteiger charge is -1.98. The molecule has 0 radical (unpaired) electrons. The van der Waals surface area contributed by atoms with Crippen molar-refractivity contribution in [2.75, 3.05) is 13.2 Å². The average Bonchev–Trinajstić information content (AvgIpc) is 2.15. The molecule has 52 valence electrons. The Morgan fingerprint density at radius 3 is 2.78 bits per heavy atom. The maximum Gasteiger partial charge on any atom is 0.0529 e. The lowest BCUT2D eigenvalue weighted by atomic mass is 10.1. The molecule has 1 rings (SSSR count). The van der Waals surface area contributed by atoms with Gasteiger partial charge < -0.3 is 4.74 Å². The Hall–Kier alpha value is -0.300. The summed E-state index contributed by atoms with van der Waals surface area (Å²) in [5.74, 6) is 0.704. The first kappa shape index (κ1) is 6.81. The second-order valence-electron chi connectivity index (χ2n) is 2.87. The van der Waals surface area contributed by atoms with Crippen molar-refractivity contribution < 1.29 is 4.74 Å². The summed E-state index contributed by atoms with van der Waals surface area (Å²) in [7, 11) is 0. The molecule has 1 fully saturated rings. The number of hydrogen-bond donors (Lipinski definition) is 0. The van der Waals surface area contributed by atoms with E-state index in [0.29, 0.717) is 5.92 Å². The molecule has 1 heteroatoms. The van der Waals surface area contributed by atoms with Crippen LogP contribution in [0.4, 0.5) is 0 Å². The van der Waals surface area contributed by atoms with Crippen LogP contribution in [0, 0.1) is 5.92 Å². The summed E-state index contributed by atoms with van der Waals surface area (Å²) in [5.41, 5.74) is 1.41. The Morgan fingerprint density at radius 1 is 1.56 bits per heavy atom. The summed E-state index contributed by atoms with van der Waals surface area (Å²) in [6.45, 7) is 6.16. The van der Waals surface area contributed by atoms with Crippen LogP contribution >= 0.6 is 0 Å².